The molecule has 0 fully saturated rings. The monoisotopic (exact) mass is 292 g/mol. The average molecular weight is 293 g/mol. The van der Waals surface area contributed by atoms with Crippen molar-refractivity contribution in [3.8, 4) is 5.88 Å². The first kappa shape index (κ1) is 13.1. The van der Waals surface area contributed by atoms with Gasteiger partial charge in [-0.1, -0.05) is 0 Å². The summed E-state index contributed by atoms with van der Waals surface area (Å²) in [6, 6.07) is 0. The van der Waals surface area contributed by atoms with Crippen LogP contribution >= 0.6 is 15.9 Å². The number of nitrogens with zero attached hydrogens (tertiary/aromatic N) is 1. The summed E-state index contributed by atoms with van der Waals surface area (Å²) in [6.07, 6.45) is 1.29. The van der Waals surface area contributed by atoms with E-state index in [0.29, 0.717) is 26.4 Å². The van der Waals surface area contributed by atoms with E-state index in [1.165, 1.54) is 6.33 Å². The Kier molecular flexibility index (Phi) is 6.05. The number of nitrogens with one attached hydrogen (secondary N) is 1. The maximum absolute atomic E-state index is 11.1. The van der Waals surface area contributed by atoms with E-state index in [1.54, 1.807) is 7.11 Å². The molecule has 1 rings (SSSR count). The van der Waals surface area contributed by atoms with Gasteiger partial charge < -0.3 is 19.2 Å². The molecular formula is C9H13BrN2O4. The lowest BCUT2D eigenvalue weighted by molar-refractivity contribution is 0.0535. The third-order valence-electron chi connectivity index (χ3n) is 1.66. The number of H-pyrrole nitrogens is 1. The van der Waals surface area contributed by atoms with E-state index in [2.05, 4.69) is 25.9 Å². The number of aromatic nitrogens is 2. The van der Waals surface area contributed by atoms with Crippen LogP contribution in [0, 0.1) is 0 Å². The van der Waals surface area contributed by atoms with Gasteiger partial charge >= 0.3 is 0 Å². The van der Waals surface area contributed by atoms with Crippen LogP contribution in [0.15, 0.2) is 15.6 Å². The SMILES string of the molecule is COCCOCCOc1nc[nH]c(=O)c1Br. The quantitative estimate of drug-likeness (QED) is 0.744. The minimum Gasteiger partial charge on any atom is -0.474 e. The first-order valence-electron chi connectivity index (χ1n) is 4.68. The normalized spacial score (nSPS) is 10.4. The van der Waals surface area contributed by atoms with Gasteiger partial charge in [0.2, 0.25) is 5.88 Å². The van der Waals surface area contributed by atoms with Gasteiger partial charge in [0, 0.05) is 7.11 Å². The highest BCUT2D eigenvalue weighted by Gasteiger charge is 2.05. The van der Waals surface area contributed by atoms with Crippen LogP contribution in [0.2, 0.25) is 0 Å². The Bertz CT molecular complexity index is 369. The molecule has 0 aliphatic rings. The van der Waals surface area contributed by atoms with Crippen LogP contribution in [0.1, 0.15) is 0 Å². The van der Waals surface area contributed by atoms with Crippen molar-refractivity contribution in [3.63, 3.8) is 0 Å². The molecule has 0 amide bonds. The van der Waals surface area contributed by atoms with Crippen LogP contribution in [0.5, 0.6) is 5.88 Å². The summed E-state index contributed by atoms with van der Waals surface area (Å²) in [6.45, 7) is 1.82. The largest absolute Gasteiger partial charge is 0.474 e. The summed E-state index contributed by atoms with van der Waals surface area (Å²) >= 11 is 3.08. The van der Waals surface area contributed by atoms with E-state index >= 15 is 0 Å². The van der Waals surface area contributed by atoms with Crippen molar-refractivity contribution in [3.05, 3.63) is 21.2 Å². The molecule has 90 valence electrons. The Morgan fingerprint density at radius 3 is 2.88 bits per heavy atom. The lowest BCUT2D eigenvalue weighted by Crippen LogP contribution is -2.14. The molecule has 0 aromatic carbocycles. The Labute approximate surface area is 101 Å². The van der Waals surface area contributed by atoms with Crippen LogP contribution in [0.25, 0.3) is 0 Å². The van der Waals surface area contributed by atoms with Crippen LogP contribution < -0.4 is 10.3 Å². The molecule has 1 aromatic rings. The van der Waals surface area contributed by atoms with Gasteiger partial charge in [0.1, 0.15) is 11.1 Å². The molecular weight excluding hydrogens is 280 g/mol. The number of rotatable bonds is 7. The average Bonchev–Trinajstić information content (AvgIpc) is 2.29. The molecule has 0 aliphatic heterocycles. The van der Waals surface area contributed by atoms with Crippen molar-refractivity contribution in [1.82, 2.24) is 9.97 Å². The van der Waals surface area contributed by atoms with Gasteiger partial charge in [0.05, 0.1) is 26.1 Å². The number of hydrogen-bond acceptors (Lipinski definition) is 5. The molecule has 0 spiro atoms. The van der Waals surface area contributed by atoms with Gasteiger partial charge in [-0.25, -0.2) is 4.98 Å². The molecule has 16 heavy (non-hydrogen) atoms. The molecule has 1 heterocycles. The number of aromatic amines is 1. The third kappa shape index (κ3) is 4.30. The summed E-state index contributed by atoms with van der Waals surface area (Å²) in [4.78, 5) is 17.4. The van der Waals surface area contributed by atoms with Crippen molar-refractivity contribution in [1.29, 1.82) is 0 Å². The van der Waals surface area contributed by atoms with Crippen LogP contribution in [-0.4, -0.2) is 43.5 Å². The Balaban J connectivity index is 2.27. The highest BCUT2D eigenvalue weighted by molar-refractivity contribution is 9.10. The van der Waals surface area contributed by atoms with Gasteiger partial charge in [-0.15, -0.1) is 0 Å². The third-order valence-corrected chi connectivity index (χ3v) is 2.36. The minimum absolute atomic E-state index is 0.263. The van der Waals surface area contributed by atoms with Gasteiger partial charge in [-0.3, -0.25) is 4.79 Å². The Hall–Kier alpha value is -0.920. The molecule has 7 heteroatoms. The smallest absolute Gasteiger partial charge is 0.268 e. The first-order valence-corrected chi connectivity index (χ1v) is 5.47. The van der Waals surface area contributed by atoms with Gasteiger partial charge in [-0.2, -0.15) is 0 Å². The predicted molar refractivity (Wildman–Crippen MR) is 60.7 cm³/mol. The number of ether oxygens (including phenoxy) is 3. The lowest BCUT2D eigenvalue weighted by Gasteiger charge is -2.06. The standard InChI is InChI=1S/C9H13BrN2O4/c1-14-2-3-15-4-5-16-9-7(10)8(13)11-6-12-9/h6H,2-5H2,1H3,(H,11,12,13). The van der Waals surface area contributed by atoms with Crippen LogP contribution in [0.3, 0.4) is 0 Å². The van der Waals surface area contributed by atoms with E-state index in [9.17, 15) is 4.79 Å². The molecule has 0 saturated carbocycles. The molecule has 0 bridgehead atoms. The first-order chi connectivity index (χ1) is 7.75. The zero-order chi connectivity index (χ0) is 11.8. The van der Waals surface area contributed by atoms with Crippen molar-refractivity contribution in [2.24, 2.45) is 0 Å². The fourth-order valence-electron chi connectivity index (χ4n) is 0.909. The molecule has 0 atom stereocenters. The van der Waals surface area contributed by atoms with Gasteiger partial charge in [0.15, 0.2) is 0 Å². The van der Waals surface area contributed by atoms with Crippen molar-refractivity contribution < 1.29 is 14.2 Å². The second-order valence-corrected chi connectivity index (χ2v) is 3.60. The topological polar surface area (TPSA) is 73.4 Å². The second-order valence-electron chi connectivity index (χ2n) is 2.80. The highest BCUT2D eigenvalue weighted by Crippen LogP contribution is 2.15. The maximum Gasteiger partial charge on any atom is 0.268 e. The minimum atomic E-state index is -0.273. The molecule has 0 saturated heterocycles. The number of hydrogen-bond donors (Lipinski definition) is 1. The maximum atomic E-state index is 11.1. The zero-order valence-electron chi connectivity index (χ0n) is 8.86. The lowest BCUT2D eigenvalue weighted by atomic mass is 10.6. The fourth-order valence-corrected chi connectivity index (χ4v) is 1.24. The van der Waals surface area contributed by atoms with Crippen LogP contribution in [-0.2, 0) is 9.47 Å². The van der Waals surface area contributed by atoms with E-state index in [1.807, 2.05) is 0 Å². The summed E-state index contributed by atoms with van der Waals surface area (Å²) in [5.74, 6) is 0.263. The molecule has 1 aromatic heterocycles. The summed E-state index contributed by atoms with van der Waals surface area (Å²) in [5, 5.41) is 0. The van der Waals surface area contributed by atoms with Gasteiger partial charge in [0.25, 0.3) is 5.56 Å². The molecule has 1 N–H and O–H groups in total. The van der Waals surface area contributed by atoms with E-state index in [-0.39, 0.29) is 15.9 Å². The van der Waals surface area contributed by atoms with E-state index in [0.717, 1.165) is 0 Å². The zero-order valence-corrected chi connectivity index (χ0v) is 10.4. The van der Waals surface area contributed by atoms with E-state index < -0.39 is 0 Å². The summed E-state index contributed by atoms with van der Waals surface area (Å²) in [5.41, 5.74) is -0.273. The number of halogens is 1. The molecule has 6 nitrogen and oxygen atoms in total. The molecule has 0 unspecified atom stereocenters. The Morgan fingerprint density at radius 2 is 2.12 bits per heavy atom. The predicted octanol–water partition coefficient (Wildman–Crippen LogP) is 0.574. The second kappa shape index (κ2) is 7.37. The summed E-state index contributed by atoms with van der Waals surface area (Å²) in [7, 11) is 1.61. The van der Waals surface area contributed by atoms with Gasteiger partial charge in [-0.05, 0) is 15.9 Å². The highest BCUT2D eigenvalue weighted by atomic mass is 79.9. The van der Waals surface area contributed by atoms with Crippen molar-refractivity contribution >= 4 is 15.9 Å². The Morgan fingerprint density at radius 1 is 1.38 bits per heavy atom. The summed E-state index contributed by atoms with van der Waals surface area (Å²) < 4.78 is 15.5. The van der Waals surface area contributed by atoms with E-state index in [4.69, 9.17) is 14.2 Å². The fraction of sp³-hybridized carbons (Fsp3) is 0.556. The molecule has 0 radical (unpaired) electrons. The van der Waals surface area contributed by atoms with Crippen LogP contribution in [0.4, 0.5) is 0 Å². The molecule has 0 aliphatic carbocycles. The number of methoxy groups -OCH3 is 1. The van der Waals surface area contributed by atoms with Crippen molar-refractivity contribution in [2.75, 3.05) is 33.5 Å². The van der Waals surface area contributed by atoms with Crippen molar-refractivity contribution in [2.45, 2.75) is 0 Å².